The fourth-order valence-electron chi connectivity index (χ4n) is 1.38. The number of hydrogen-bond acceptors (Lipinski definition) is 4. The van der Waals surface area contributed by atoms with E-state index >= 15 is 0 Å². The van der Waals surface area contributed by atoms with E-state index < -0.39 is 0 Å². The average molecular weight is 239 g/mol. The van der Waals surface area contributed by atoms with Gasteiger partial charge in [-0.1, -0.05) is 25.6 Å². The van der Waals surface area contributed by atoms with Gasteiger partial charge in [-0.3, -0.25) is 0 Å². The van der Waals surface area contributed by atoms with E-state index in [1.165, 1.54) is 5.56 Å². The Kier molecular flexibility index (Phi) is 4.74. The second kappa shape index (κ2) is 5.64. The van der Waals surface area contributed by atoms with Crippen molar-refractivity contribution in [3.05, 3.63) is 17.0 Å². The van der Waals surface area contributed by atoms with Crippen LogP contribution in [-0.4, -0.2) is 21.3 Å². The molecule has 0 aliphatic rings. The minimum absolute atomic E-state index is 0.204. The Morgan fingerprint density at radius 1 is 1.19 bits per heavy atom. The number of nitrogens with zero attached hydrogens (tertiary/aromatic N) is 2. The fraction of sp³-hybridized carbons (Fsp3) is 0.667. The molecule has 0 aliphatic heterocycles. The summed E-state index contributed by atoms with van der Waals surface area (Å²) < 4.78 is 0. The highest BCUT2D eigenvalue weighted by Crippen LogP contribution is 2.23. The maximum absolute atomic E-state index is 5.99. The van der Waals surface area contributed by atoms with E-state index in [1.54, 1.807) is 11.8 Å². The van der Waals surface area contributed by atoms with Crippen molar-refractivity contribution in [3.8, 4) is 0 Å². The van der Waals surface area contributed by atoms with Gasteiger partial charge < -0.3 is 5.73 Å². The molecule has 0 amide bonds. The first-order valence-electron chi connectivity index (χ1n) is 5.69. The van der Waals surface area contributed by atoms with Gasteiger partial charge in [-0.15, -0.1) is 0 Å². The lowest BCUT2D eigenvalue weighted by Crippen LogP contribution is -2.29. The summed E-state index contributed by atoms with van der Waals surface area (Å²) in [5.41, 5.74) is 9.30. The Bertz CT molecular complexity index is 342. The fourth-order valence-corrected chi connectivity index (χ4v) is 2.46. The third kappa shape index (κ3) is 3.19. The molecular formula is C12H21N3S. The number of aromatic nitrogens is 2. The summed E-state index contributed by atoms with van der Waals surface area (Å²) in [5.74, 6) is 0. The van der Waals surface area contributed by atoms with Gasteiger partial charge in [0.05, 0.1) is 0 Å². The van der Waals surface area contributed by atoms with Crippen molar-refractivity contribution in [1.29, 1.82) is 0 Å². The van der Waals surface area contributed by atoms with Crippen molar-refractivity contribution in [2.45, 2.75) is 57.5 Å². The minimum Gasteiger partial charge on any atom is -0.327 e. The summed E-state index contributed by atoms with van der Waals surface area (Å²) in [6.07, 6.45) is 0.984. The summed E-state index contributed by atoms with van der Waals surface area (Å²) in [7, 11) is 0. The smallest absolute Gasteiger partial charge is 0.188 e. The Hall–Kier alpha value is -0.610. The third-order valence-corrected chi connectivity index (χ3v) is 4.09. The van der Waals surface area contributed by atoms with E-state index in [0.29, 0.717) is 5.25 Å². The Morgan fingerprint density at radius 3 is 2.12 bits per heavy atom. The van der Waals surface area contributed by atoms with E-state index in [0.717, 1.165) is 23.0 Å². The number of hydrogen-bond donors (Lipinski definition) is 1. The first-order valence-corrected chi connectivity index (χ1v) is 6.57. The monoisotopic (exact) mass is 239 g/mol. The molecular weight excluding hydrogens is 218 g/mol. The normalized spacial score (nSPS) is 14.9. The molecule has 2 N–H and O–H groups in total. The molecule has 16 heavy (non-hydrogen) atoms. The van der Waals surface area contributed by atoms with Crippen LogP contribution in [0.5, 0.6) is 0 Å². The summed E-state index contributed by atoms with van der Waals surface area (Å²) in [5, 5.41) is 1.20. The molecule has 3 nitrogen and oxygen atoms in total. The van der Waals surface area contributed by atoms with Crippen LogP contribution in [0, 0.1) is 20.8 Å². The van der Waals surface area contributed by atoms with Crippen LogP contribution >= 0.6 is 11.8 Å². The molecule has 0 saturated carbocycles. The Morgan fingerprint density at radius 2 is 1.69 bits per heavy atom. The zero-order valence-corrected chi connectivity index (χ0v) is 11.6. The van der Waals surface area contributed by atoms with Crippen LogP contribution in [0.4, 0.5) is 0 Å². The minimum atomic E-state index is 0.204. The maximum Gasteiger partial charge on any atom is 0.188 e. The van der Waals surface area contributed by atoms with E-state index in [4.69, 9.17) is 5.73 Å². The van der Waals surface area contributed by atoms with Crippen LogP contribution in [0.15, 0.2) is 5.16 Å². The topological polar surface area (TPSA) is 51.8 Å². The molecule has 90 valence electrons. The highest BCUT2D eigenvalue weighted by molar-refractivity contribution is 7.99. The van der Waals surface area contributed by atoms with Gasteiger partial charge in [-0.05, 0) is 32.8 Å². The van der Waals surface area contributed by atoms with Crippen LogP contribution in [-0.2, 0) is 0 Å². The molecule has 1 aromatic rings. The summed E-state index contributed by atoms with van der Waals surface area (Å²) in [4.78, 5) is 8.97. The second-order valence-corrected chi connectivity index (χ2v) is 5.54. The molecule has 0 aromatic carbocycles. The first kappa shape index (κ1) is 13.5. The van der Waals surface area contributed by atoms with Crippen LogP contribution in [0.25, 0.3) is 0 Å². The predicted molar refractivity (Wildman–Crippen MR) is 69.8 cm³/mol. The molecule has 0 fully saturated rings. The van der Waals surface area contributed by atoms with E-state index in [9.17, 15) is 0 Å². The van der Waals surface area contributed by atoms with Crippen molar-refractivity contribution in [3.63, 3.8) is 0 Å². The van der Waals surface area contributed by atoms with Gasteiger partial charge in [0.1, 0.15) is 0 Å². The van der Waals surface area contributed by atoms with E-state index in [-0.39, 0.29) is 6.04 Å². The van der Waals surface area contributed by atoms with Crippen molar-refractivity contribution >= 4 is 11.8 Å². The van der Waals surface area contributed by atoms with Crippen LogP contribution in [0.1, 0.15) is 37.2 Å². The second-order valence-electron chi connectivity index (χ2n) is 4.20. The third-order valence-electron chi connectivity index (χ3n) is 2.98. The standard InChI is InChI=1S/C12H21N3S/c1-6-11(13)10(5)16-12-14-8(3)7(2)9(4)15-12/h10-11H,6,13H2,1-5H3. The van der Waals surface area contributed by atoms with Crippen LogP contribution in [0.2, 0.25) is 0 Å². The van der Waals surface area contributed by atoms with Crippen LogP contribution < -0.4 is 5.73 Å². The van der Waals surface area contributed by atoms with Crippen molar-refractivity contribution in [2.24, 2.45) is 5.73 Å². The quantitative estimate of drug-likeness (QED) is 0.648. The number of nitrogens with two attached hydrogens (primary N) is 1. The van der Waals surface area contributed by atoms with Gasteiger partial charge in [-0.25, -0.2) is 9.97 Å². The molecule has 0 radical (unpaired) electrons. The van der Waals surface area contributed by atoms with Gasteiger partial charge in [0.2, 0.25) is 0 Å². The van der Waals surface area contributed by atoms with Gasteiger partial charge in [-0.2, -0.15) is 0 Å². The molecule has 0 aliphatic carbocycles. The maximum atomic E-state index is 5.99. The number of thioether (sulfide) groups is 1. The molecule has 2 unspecified atom stereocenters. The average Bonchev–Trinajstić information content (AvgIpc) is 2.24. The van der Waals surface area contributed by atoms with Crippen LogP contribution in [0.3, 0.4) is 0 Å². The summed E-state index contributed by atoms with van der Waals surface area (Å²) >= 11 is 1.67. The molecule has 1 aromatic heterocycles. The molecule has 1 rings (SSSR count). The summed E-state index contributed by atoms with van der Waals surface area (Å²) in [6, 6.07) is 0.204. The van der Waals surface area contributed by atoms with Crippen molar-refractivity contribution in [2.75, 3.05) is 0 Å². The first-order chi connectivity index (χ1) is 7.45. The molecule has 2 atom stereocenters. The Labute approximate surface area is 102 Å². The van der Waals surface area contributed by atoms with Crippen molar-refractivity contribution in [1.82, 2.24) is 9.97 Å². The lowest BCUT2D eigenvalue weighted by Gasteiger charge is -2.17. The lowest BCUT2D eigenvalue weighted by molar-refractivity contribution is 0.640. The molecule has 0 bridgehead atoms. The zero-order chi connectivity index (χ0) is 12.3. The molecule has 0 spiro atoms. The highest BCUT2D eigenvalue weighted by Gasteiger charge is 2.14. The SMILES string of the molecule is CCC(N)C(C)Sc1nc(C)c(C)c(C)n1. The van der Waals surface area contributed by atoms with E-state index in [2.05, 4.69) is 30.7 Å². The zero-order valence-electron chi connectivity index (χ0n) is 10.7. The predicted octanol–water partition coefficient (Wildman–Crippen LogP) is 2.62. The number of aryl methyl sites for hydroxylation is 2. The van der Waals surface area contributed by atoms with Gasteiger partial charge >= 0.3 is 0 Å². The molecule has 1 heterocycles. The van der Waals surface area contributed by atoms with Crippen molar-refractivity contribution < 1.29 is 0 Å². The lowest BCUT2D eigenvalue weighted by atomic mass is 10.2. The Balaban J connectivity index is 2.82. The summed E-state index contributed by atoms with van der Waals surface area (Å²) in [6.45, 7) is 10.3. The van der Waals surface area contributed by atoms with E-state index in [1.807, 2.05) is 13.8 Å². The highest BCUT2D eigenvalue weighted by atomic mass is 32.2. The number of rotatable bonds is 4. The van der Waals surface area contributed by atoms with Gasteiger partial charge in [0, 0.05) is 22.7 Å². The molecule has 0 saturated heterocycles. The largest absolute Gasteiger partial charge is 0.327 e. The van der Waals surface area contributed by atoms with Gasteiger partial charge in [0.25, 0.3) is 0 Å². The molecule has 4 heteroatoms. The van der Waals surface area contributed by atoms with Gasteiger partial charge in [0.15, 0.2) is 5.16 Å².